The van der Waals surface area contributed by atoms with Gasteiger partial charge in [-0.25, -0.2) is 13.2 Å². The highest BCUT2D eigenvalue weighted by atomic mass is 32.2. The number of aromatic nitrogens is 2. The van der Waals surface area contributed by atoms with Gasteiger partial charge in [-0.3, -0.25) is 0 Å². The van der Waals surface area contributed by atoms with Crippen molar-refractivity contribution in [1.29, 1.82) is 0 Å². The highest BCUT2D eigenvalue weighted by molar-refractivity contribution is 7.90. The van der Waals surface area contributed by atoms with Gasteiger partial charge in [-0.1, -0.05) is 17.7 Å². The van der Waals surface area contributed by atoms with Gasteiger partial charge in [0.2, 0.25) is 5.88 Å². The minimum Gasteiger partial charge on any atom is -0.497 e. The summed E-state index contributed by atoms with van der Waals surface area (Å²) in [5.41, 5.74) is 1.14. The molecule has 0 saturated heterocycles. The van der Waals surface area contributed by atoms with Crippen molar-refractivity contribution >= 4 is 20.9 Å². The second-order valence-electron chi connectivity index (χ2n) is 7.24. The maximum absolute atomic E-state index is 13.7. The largest absolute Gasteiger partial charge is 0.497 e. The molecule has 1 heterocycles. The van der Waals surface area contributed by atoms with Gasteiger partial charge in [0.1, 0.15) is 24.8 Å². The van der Waals surface area contributed by atoms with Gasteiger partial charge in [0.25, 0.3) is 10.0 Å². The first-order valence-corrected chi connectivity index (χ1v) is 11.4. The lowest BCUT2D eigenvalue weighted by atomic mass is 10.2. The van der Waals surface area contributed by atoms with Crippen LogP contribution in [0.4, 0.5) is 13.2 Å². The van der Waals surface area contributed by atoms with E-state index in [4.69, 9.17) is 14.2 Å². The summed E-state index contributed by atoms with van der Waals surface area (Å²) >= 11 is 0. The number of methoxy groups -OCH3 is 1. The van der Waals surface area contributed by atoms with Crippen molar-refractivity contribution in [2.75, 3.05) is 20.3 Å². The van der Waals surface area contributed by atoms with Gasteiger partial charge >= 0.3 is 0 Å². The molecule has 1 aromatic heterocycles. The molecule has 178 valence electrons. The number of aryl methyl sites for hydroxylation is 1. The Bertz CT molecular complexity index is 1430. The second-order valence-corrected chi connectivity index (χ2v) is 9.01. The maximum Gasteiger partial charge on any atom is 0.283 e. The minimum atomic E-state index is -4.05. The Labute approximate surface area is 193 Å². The summed E-state index contributed by atoms with van der Waals surface area (Å²) in [6, 6.07) is 11.9. The van der Waals surface area contributed by atoms with Crippen molar-refractivity contribution in [2.45, 2.75) is 11.8 Å². The third-order valence-corrected chi connectivity index (χ3v) is 6.50. The lowest BCUT2D eigenvalue weighted by Crippen LogP contribution is -2.15. The van der Waals surface area contributed by atoms with Crippen molar-refractivity contribution in [3.8, 4) is 17.4 Å². The van der Waals surface area contributed by atoms with E-state index >= 15 is 0 Å². The van der Waals surface area contributed by atoms with Crippen LogP contribution in [0.5, 0.6) is 17.4 Å². The minimum absolute atomic E-state index is 0.0375. The van der Waals surface area contributed by atoms with Crippen molar-refractivity contribution in [3.05, 3.63) is 77.6 Å². The highest BCUT2D eigenvalue weighted by Gasteiger charge is 2.24. The van der Waals surface area contributed by atoms with Crippen LogP contribution in [0.2, 0.25) is 0 Å². The van der Waals surface area contributed by atoms with E-state index < -0.39 is 33.2 Å². The predicted molar refractivity (Wildman–Crippen MR) is 117 cm³/mol. The zero-order valence-electron chi connectivity index (χ0n) is 18.1. The molecule has 0 spiro atoms. The molecule has 3 aromatic carbocycles. The molecular formula is C23H19F3N2O5S. The third kappa shape index (κ3) is 4.51. The van der Waals surface area contributed by atoms with E-state index in [0.29, 0.717) is 23.3 Å². The van der Waals surface area contributed by atoms with Crippen LogP contribution in [0.1, 0.15) is 5.56 Å². The van der Waals surface area contributed by atoms with E-state index in [0.717, 1.165) is 9.65 Å². The molecule has 0 unspecified atom stereocenters. The maximum atomic E-state index is 13.7. The molecule has 0 aliphatic carbocycles. The van der Waals surface area contributed by atoms with E-state index in [1.807, 2.05) is 6.92 Å². The van der Waals surface area contributed by atoms with Crippen LogP contribution in [-0.2, 0) is 10.0 Å². The topological polar surface area (TPSA) is 79.7 Å². The van der Waals surface area contributed by atoms with Crippen molar-refractivity contribution in [2.24, 2.45) is 0 Å². The molecule has 0 saturated carbocycles. The number of hydrogen-bond acceptors (Lipinski definition) is 6. The molecular weight excluding hydrogens is 473 g/mol. The van der Waals surface area contributed by atoms with E-state index in [-0.39, 0.29) is 29.5 Å². The summed E-state index contributed by atoms with van der Waals surface area (Å²) < 4.78 is 83.6. The number of rotatable bonds is 8. The first-order chi connectivity index (χ1) is 16.2. The second kappa shape index (κ2) is 9.26. The molecule has 4 aromatic rings. The van der Waals surface area contributed by atoms with Crippen LogP contribution < -0.4 is 14.2 Å². The van der Waals surface area contributed by atoms with Crippen LogP contribution in [0.15, 0.2) is 59.5 Å². The Kier molecular flexibility index (Phi) is 6.38. The number of nitrogens with zero attached hydrogens (tertiary/aromatic N) is 2. The average molecular weight is 492 g/mol. The molecule has 0 aliphatic rings. The molecule has 11 heteroatoms. The van der Waals surface area contributed by atoms with Gasteiger partial charge in [0.05, 0.1) is 22.9 Å². The van der Waals surface area contributed by atoms with Crippen LogP contribution in [0.3, 0.4) is 0 Å². The lowest BCUT2D eigenvalue weighted by Gasteiger charge is -2.09. The van der Waals surface area contributed by atoms with Crippen LogP contribution in [-0.4, -0.2) is 37.9 Å². The molecule has 0 radical (unpaired) electrons. The van der Waals surface area contributed by atoms with Crippen molar-refractivity contribution in [1.82, 2.24) is 9.19 Å². The fourth-order valence-corrected chi connectivity index (χ4v) is 4.50. The average Bonchev–Trinajstić information content (AvgIpc) is 3.16. The normalized spacial score (nSPS) is 11.6. The van der Waals surface area contributed by atoms with Gasteiger partial charge in [-0.2, -0.15) is 8.42 Å². The number of hydrogen-bond donors (Lipinski definition) is 0. The summed E-state index contributed by atoms with van der Waals surface area (Å²) in [7, 11) is -2.60. The van der Waals surface area contributed by atoms with Crippen LogP contribution in [0, 0.1) is 24.4 Å². The predicted octanol–water partition coefficient (Wildman–Crippen LogP) is 4.47. The Balaban J connectivity index is 1.62. The fourth-order valence-electron chi connectivity index (χ4n) is 3.22. The van der Waals surface area contributed by atoms with Crippen LogP contribution >= 0.6 is 0 Å². The van der Waals surface area contributed by atoms with Crippen molar-refractivity contribution < 1.29 is 35.8 Å². The molecule has 0 aliphatic heterocycles. The standard InChI is InChI=1S/C23H19F3N2O5S/c1-14-3-6-17(7-4-14)34(29,30)28-21-8-5-16(31-2)13-18(21)23(27-28)33-10-9-32-22-19(25)11-15(24)12-20(22)26/h3-8,11-13H,9-10H2,1-2H3. The summed E-state index contributed by atoms with van der Waals surface area (Å²) in [6.45, 7) is 1.29. The molecule has 0 fully saturated rings. The van der Waals surface area contributed by atoms with E-state index in [1.165, 1.54) is 25.3 Å². The fraction of sp³-hybridized carbons (Fsp3) is 0.174. The SMILES string of the molecule is COc1ccc2c(c1)c(OCCOc1c(F)cc(F)cc1F)nn2S(=O)(=O)c1ccc(C)cc1. The van der Waals surface area contributed by atoms with E-state index in [2.05, 4.69) is 5.10 Å². The first-order valence-electron chi connectivity index (χ1n) is 10.00. The zero-order valence-corrected chi connectivity index (χ0v) is 18.9. The Morgan fingerprint density at radius 3 is 2.21 bits per heavy atom. The molecule has 4 rings (SSSR count). The summed E-state index contributed by atoms with van der Waals surface area (Å²) in [4.78, 5) is 0.0375. The number of ether oxygens (including phenoxy) is 3. The number of benzene rings is 3. The van der Waals surface area contributed by atoms with Gasteiger partial charge in [0.15, 0.2) is 17.4 Å². The Hall–Kier alpha value is -3.73. The Morgan fingerprint density at radius 2 is 1.56 bits per heavy atom. The van der Waals surface area contributed by atoms with Gasteiger partial charge < -0.3 is 14.2 Å². The van der Waals surface area contributed by atoms with E-state index in [1.54, 1.807) is 24.3 Å². The molecule has 0 N–H and O–H groups in total. The Morgan fingerprint density at radius 1 is 0.912 bits per heavy atom. The van der Waals surface area contributed by atoms with Gasteiger partial charge in [-0.15, -0.1) is 9.19 Å². The molecule has 7 nitrogen and oxygen atoms in total. The third-order valence-electron chi connectivity index (χ3n) is 4.90. The first kappa shape index (κ1) is 23.4. The molecule has 0 amide bonds. The van der Waals surface area contributed by atoms with Gasteiger partial charge in [-0.05, 0) is 37.3 Å². The molecule has 0 atom stereocenters. The monoisotopic (exact) mass is 492 g/mol. The summed E-state index contributed by atoms with van der Waals surface area (Å²) in [5.74, 6) is -3.81. The summed E-state index contributed by atoms with van der Waals surface area (Å²) in [6.07, 6.45) is 0. The smallest absolute Gasteiger partial charge is 0.283 e. The molecule has 0 bridgehead atoms. The van der Waals surface area contributed by atoms with Gasteiger partial charge in [0, 0.05) is 12.1 Å². The highest BCUT2D eigenvalue weighted by Crippen LogP contribution is 2.31. The number of halogens is 3. The molecule has 34 heavy (non-hydrogen) atoms. The summed E-state index contributed by atoms with van der Waals surface area (Å²) in [5, 5.41) is 4.47. The quantitative estimate of drug-likeness (QED) is 0.338. The number of fused-ring (bicyclic) bond motifs is 1. The lowest BCUT2D eigenvalue weighted by molar-refractivity contribution is 0.201. The van der Waals surface area contributed by atoms with E-state index in [9.17, 15) is 21.6 Å². The zero-order chi connectivity index (χ0) is 24.5. The van der Waals surface area contributed by atoms with Crippen LogP contribution in [0.25, 0.3) is 10.9 Å². The van der Waals surface area contributed by atoms with Crippen molar-refractivity contribution in [3.63, 3.8) is 0 Å².